The number of hydrogen-bond donors (Lipinski definition) is 1. The van der Waals surface area contributed by atoms with Crippen LogP contribution in [0.3, 0.4) is 0 Å². The van der Waals surface area contributed by atoms with Crippen LogP contribution < -0.4 is 5.32 Å². The van der Waals surface area contributed by atoms with E-state index in [-0.39, 0.29) is 11.3 Å². The fourth-order valence-electron chi connectivity index (χ4n) is 5.26. The van der Waals surface area contributed by atoms with E-state index in [9.17, 15) is 4.79 Å². The topological polar surface area (TPSA) is 45.2 Å². The van der Waals surface area contributed by atoms with Gasteiger partial charge in [-0.25, -0.2) is 0 Å². The highest BCUT2D eigenvalue weighted by Gasteiger charge is 2.41. The van der Waals surface area contributed by atoms with Gasteiger partial charge in [-0.1, -0.05) is 24.6 Å². The molecule has 0 radical (unpaired) electrons. The van der Waals surface area contributed by atoms with E-state index < -0.39 is 0 Å². The van der Waals surface area contributed by atoms with E-state index in [1.807, 2.05) is 17.3 Å². The van der Waals surface area contributed by atoms with Crippen molar-refractivity contribution in [1.29, 1.82) is 0 Å². The highest BCUT2D eigenvalue weighted by Crippen LogP contribution is 2.45. The normalized spacial score (nSPS) is 21.9. The van der Waals surface area contributed by atoms with Crippen molar-refractivity contribution >= 4 is 17.5 Å². The molecular formula is C24H28ClN3O. The van der Waals surface area contributed by atoms with Gasteiger partial charge in [-0.3, -0.25) is 9.78 Å². The van der Waals surface area contributed by atoms with Crippen LogP contribution in [0.25, 0.3) is 0 Å². The molecule has 1 atom stereocenters. The summed E-state index contributed by atoms with van der Waals surface area (Å²) in [7, 11) is 0. The number of rotatable bonds is 5. The third-order valence-corrected chi connectivity index (χ3v) is 7.54. The number of fused-ring (bicyclic) bond motifs is 1. The molecule has 3 heterocycles. The largest absolute Gasteiger partial charge is 0.334 e. The molecule has 2 aliphatic heterocycles. The van der Waals surface area contributed by atoms with Gasteiger partial charge in [0.15, 0.2) is 0 Å². The number of carbonyl (C=O) groups excluding carboxylic acids is 1. The Morgan fingerprint density at radius 2 is 1.86 bits per heavy atom. The average molecular weight is 410 g/mol. The molecule has 1 aliphatic carbocycles. The zero-order chi connectivity index (χ0) is 20.0. The Kier molecular flexibility index (Phi) is 4.87. The van der Waals surface area contributed by atoms with Crippen molar-refractivity contribution in [3.8, 4) is 0 Å². The number of nitrogens with one attached hydrogen (secondary N) is 1. The molecule has 29 heavy (non-hydrogen) atoms. The second-order valence-corrected chi connectivity index (χ2v) is 9.49. The van der Waals surface area contributed by atoms with Crippen LogP contribution in [0.2, 0.25) is 5.02 Å². The number of aromatic nitrogens is 1. The molecule has 5 rings (SSSR count). The summed E-state index contributed by atoms with van der Waals surface area (Å²) in [5.41, 5.74) is 4.15. The number of hydrogen-bond acceptors (Lipinski definition) is 3. The monoisotopic (exact) mass is 409 g/mol. The Balaban J connectivity index is 1.57. The van der Waals surface area contributed by atoms with Gasteiger partial charge in [-0.05, 0) is 85.5 Å². The summed E-state index contributed by atoms with van der Waals surface area (Å²) < 4.78 is 0. The summed E-state index contributed by atoms with van der Waals surface area (Å²) in [6.45, 7) is 5.98. The average Bonchev–Trinajstić information content (AvgIpc) is 3.51. The van der Waals surface area contributed by atoms with Gasteiger partial charge in [-0.2, -0.15) is 0 Å². The van der Waals surface area contributed by atoms with Gasteiger partial charge in [0.25, 0.3) is 5.91 Å². The van der Waals surface area contributed by atoms with Gasteiger partial charge >= 0.3 is 0 Å². The second kappa shape index (κ2) is 7.41. The van der Waals surface area contributed by atoms with Crippen LogP contribution in [-0.4, -0.2) is 35.4 Å². The Labute approximate surface area is 177 Å². The fourth-order valence-corrected chi connectivity index (χ4v) is 5.58. The van der Waals surface area contributed by atoms with Crippen LogP contribution >= 0.6 is 11.6 Å². The number of pyridine rings is 1. The Morgan fingerprint density at radius 1 is 1.14 bits per heavy atom. The third-order valence-electron chi connectivity index (χ3n) is 7.25. The fraction of sp³-hybridized carbons (Fsp3) is 0.500. The number of carbonyl (C=O) groups is 1. The van der Waals surface area contributed by atoms with Crippen LogP contribution in [0.4, 0.5) is 0 Å². The minimum absolute atomic E-state index is 0.107. The number of halogens is 1. The maximum absolute atomic E-state index is 12.9. The first-order valence-electron chi connectivity index (χ1n) is 10.8. The summed E-state index contributed by atoms with van der Waals surface area (Å²) in [5.74, 6) is 1.30. The summed E-state index contributed by atoms with van der Waals surface area (Å²) >= 11 is 6.75. The molecule has 1 saturated carbocycles. The predicted octanol–water partition coefficient (Wildman–Crippen LogP) is 4.41. The van der Waals surface area contributed by atoms with Gasteiger partial charge in [0, 0.05) is 30.9 Å². The van der Waals surface area contributed by atoms with Crippen molar-refractivity contribution in [2.24, 2.45) is 11.8 Å². The van der Waals surface area contributed by atoms with Gasteiger partial charge < -0.3 is 10.2 Å². The SMILES string of the molecule is CC(c1ccncc1)(c1cc(Cl)c2c(c1)CN(CC1CC1)C2=O)C1CCNCC1. The molecule has 1 aromatic heterocycles. The minimum atomic E-state index is -0.156. The summed E-state index contributed by atoms with van der Waals surface area (Å²) in [4.78, 5) is 19.2. The molecule has 2 fully saturated rings. The van der Waals surface area contributed by atoms with Crippen molar-refractivity contribution in [1.82, 2.24) is 15.2 Å². The highest BCUT2D eigenvalue weighted by atomic mass is 35.5. The molecule has 1 unspecified atom stereocenters. The van der Waals surface area contributed by atoms with E-state index in [2.05, 4.69) is 41.5 Å². The maximum atomic E-state index is 12.9. The number of piperidine rings is 1. The molecule has 0 spiro atoms. The van der Waals surface area contributed by atoms with Gasteiger partial charge in [0.2, 0.25) is 0 Å². The quantitative estimate of drug-likeness (QED) is 0.795. The van der Waals surface area contributed by atoms with Crippen molar-refractivity contribution in [3.63, 3.8) is 0 Å². The molecule has 3 aliphatic rings. The Morgan fingerprint density at radius 3 is 2.55 bits per heavy atom. The van der Waals surface area contributed by atoms with E-state index in [1.54, 1.807) is 0 Å². The van der Waals surface area contributed by atoms with Gasteiger partial charge in [-0.15, -0.1) is 0 Å². The van der Waals surface area contributed by atoms with Crippen LogP contribution in [-0.2, 0) is 12.0 Å². The number of nitrogens with zero attached hydrogens (tertiary/aromatic N) is 2. The molecule has 1 saturated heterocycles. The zero-order valence-corrected chi connectivity index (χ0v) is 17.7. The van der Waals surface area contributed by atoms with Crippen molar-refractivity contribution < 1.29 is 4.79 Å². The lowest BCUT2D eigenvalue weighted by Crippen LogP contribution is -2.40. The molecular weight excluding hydrogens is 382 g/mol. The van der Waals surface area contributed by atoms with Crippen LogP contribution in [0, 0.1) is 11.8 Å². The third kappa shape index (κ3) is 3.36. The predicted molar refractivity (Wildman–Crippen MR) is 115 cm³/mol. The van der Waals surface area contributed by atoms with E-state index in [1.165, 1.54) is 24.0 Å². The van der Waals surface area contributed by atoms with E-state index in [0.29, 0.717) is 23.4 Å². The lowest BCUT2D eigenvalue weighted by molar-refractivity contribution is 0.0771. The number of amides is 1. The molecule has 1 N–H and O–H groups in total. The Hall–Kier alpha value is -1.91. The van der Waals surface area contributed by atoms with Crippen molar-refractivity contribution in [2.45, 2.75) is 44.6 Å². The van der Waals surface area contributed by atoms with Crippen molar-refractivity contribution in [3.05, 3.63) is 63.9 Å². The zero-order valence-electron chi connectivity index (χ0n) is 17.0. The standard InChI is InChI=1S/C24H28ClN3O/c1-24(18-4-8-26-9-5-18,19-6-10-27-11-7-19)20-12-17-15-28(14-16-2-3-16)23(29)22(17)21(25)13-20/h4-5,8-9,12-13,16,19,27H,2-3,6-7,10-11,14-15H2,1H3. The number of benzene rings is 1. The molecule has 2 aromatic rings. The molecule has 5 heteroatoms. The van der Waals surface area contributed by atoms with Crippen LogP contribution in [0.15, 0.2) is 36.7 Å². The van der Waals surface area contributed by atoms with Crippen molar-refractivity contribution in [2.75, 3.05) is 19.6 Å². The maximum Gasteiger partial charge on any atom is 0.256 e. The summed E-state index contributed by atoms with van der Waals surface area (Å²) in [6.07, 6.45) is 8.50. The molecule has 0 bridgehead atoms. The van der Waals surface area contributed by atoms with Crippen LogP contribution in [0.1, 0.15) is 59.7 Å². The lowest BCUT2D eigenvalue weighted by atomic mass is 9.64. The second-order valence-electron chi connectivity index (χ2n) is 9.08. The molecule has 4 nitrogen and oxygen atoms in total. The molecule has 152 valence electrons. The van der Waals surface area contributed by atoms with E-state index >= 15 is 0 Å². The van der Waals surface area contributed by atoms with Gasteiger partial charge in [0.1, 0.15) is 0 Å². The molecule has 1 amide bonds. The van der Waals surface area contributed by atoms with E-state index in [4.69, 9.17) is 11.6 Å². The Bertz CT molecular complexity index is 921. The first-order chi connectivity index (χ1) is 14.1. The van der Waals surface area contributed by atoms with Gasteiger partial charge in [0.05, 0.1) is 10.6 Å². The first kappa shape index (κ1) is 19.1. The summed E-state index contributed by atoms with van der Waals surface area (Å²) in [5, 5.41) is 4.10. The highest BCUT2D eigenvalue weighted by molar-refractivity contribution is 6.34. The smallest absolute Gasteiger partial charge is 0.256 e. The lowest BCUT2D eigenvalue weighted by Gasteiger charge is -2.41. The first-order valence-corrected chi connectivity index (χ1v) is 11.2. The minimum Gasteiger partial charge on any atom is -0.334 e. The summed E-state index contributed by atoms with van der Waals surface area (Å²) in [6, 6.07) is 8.58. The molecule has 1 aromatic carbocycles. The van der Waals surface area contributed by atoms with E-state index in [0.717, 1.165) is 43.6 Å². The van der Waals surface area contributed by atoms with Crippen LogP contribution in [0.5, 0.6) is 0 Å².